The van der Waals surface area contributed by atoms with Crippen LogP contribution in [0.3, 0.4) is 0 Å². The predicted molar refractivity (Wildman–Crippen MR) is 52.6 cm³/mol. The average Bonchev–Trinajstić information content (AvgIpc) is 2.09. The van der Waals surface area contributed by atoms with Gasteiger partial charge in [0.1, 0.15) is 0 Å². The van der Waals surface area contributed by atoms with Crippen LogP contribution in [0.1, 0.15) is 39.0 Å². The van der Waals surface area contributed by atoms with E-state index in [9.17, 15) is 0 Å². The van der Waals surface area contributed by atoms with Gasteiger partial charge in [-0.1, -0.05) is 17.6 Å². The molecule has 0 aliphatic heterocycles. The molecule has 66 valence electrons. The molecule has 12 heavy (non-hydrogen) atoms. The maximum Gasteiger partial charge on any atom is 0.0272 e. The van der Waals surface area contributed by atoms with Crippen molar-refractivity contribution in [2.75, 3.05) is 0 Å². The SMILES string of the molecule is CC#CCC=C1CCC(N)CC1. The molecule has 0 heterocycles. The van der Waals surface area contributed by atoms with Gasteiger partial charge in [0.25, 0.3) is 0 Å². The Labute approximate surface area is 75.0 Å². The van der Waals surface area contributed by atoms with Crippen molar-refractivity contribution in [2.24, 2.45) is 5.73 Å². The summed E-state index contributed by atoms with van der Waals surface area (Å²) in [5.41, 5.74) is 7.35. The molecule has 1 aliphatic rings. The van der Waals surface area contributed by atoms with Crippen molar-refractivity contribution >= 4 is 0 Å². The Morgan fingerprint density at radius 3 is 2.75 bits per heavy atom. The zero-order chi connectivity index (χ0) is 8.81. The van der Waals surface area contributed by atoms with Crippen molar-refractivity contribution in [3.8, 4) is 11.8 Å². The van der Waals surface area contributed by atoms with E-state index in [4.69, 9.17) is 5.73 Å². The Bertz CT molecular complexity index is 207. The summed E-state index contributed by atoms with van der Waals surface area (Å²) in [6.45, 7) is 1.88. The summed E-state index contributed by atoms with van der Waals surface area (Å²) < 4.78 is 0. The molecule has 0 aromatic rings. The molecule has 0 atom stereocenters. The van der Waals surface area contributed by atoms with E-state index in [1.165, 1.54) is 12.8 Å². The van der Waals surface area contributed by atoms with Gasteiger partial charge >= 0.3 is 0 Å². The lowest BCUT2D eigenvalue weighted by atomic mass is 9.91. The summed E-state index contributed by atoms with van der Waals surface area (Å²) in [5, 5.41) is 0. The molecule has 0 amide bonds. The standard InChI is InChI=1S/C11H17N/c1-2-3-4-5-10-6-8-11(12)9-7-10/h5,11H,4,6-9,12H2,1H3. The molecule has 1 rings (SSSR count). The van der Waals surface area contributed by atoms with Crippen LogP contribution in [0.15, 0.2) is 11.6 Å². The summed E-state index contributed by atoms with van der Waals surface area (Å²) in [4.78, 5) is 0. The summed E-state index contributed by atoms with van der Waals surface area (Å²) in [6.07, 6.45) is 7.87. The molecule has 0 aromatic carbocycles. The first-order valence-corrected chi connectivity index (χ1v) is 4.66. The van der Waals surface area contributed by atoms with Crippen LogP contribution in [-0.2, 0) is 0 Å². The van der Waals surface area contributed by atoms with Gasteiger partial charge in [-0.05, 0) is 32.6 Å². The zero-order valence-electron chi connectivity index (χ0n) is 7.77. The van der Waals surface area contributed by atoms with Crippen molar-refractivity contribution in [2.45, 2.75) is 45.1 Å². The Morgan fingerprint density at radius 1 is 1.50 bits per heavy atom. The molecule has 0 aromatic heterocycles. The normalized spacial score (nSPS) is 22.8. The number of hydrogen-bond donors (Lipinski definition) is 1. The van der Waals surface area contributed by atoms with Crippen molar-refractivity contribution < 1.29 is 0 Å². The van der Waals surface area contributed by atoms with Crippen molar-refractivity contribution in [3.63, 3.8) is 0 Å². The van der Waals surface area contributed by atoms with Crippen LogP contribution in [0, 0.1) is 11.8 Å². The van der Waals surface area contributed by atoms with Gasteiger partial charge in [0.15, 0.2) is 0 Å². The van der Waals surface area contributed by atoms with Crippen LogP contribution in [-0.4, -0.2) is 6.04 Å². The molecule has 0 radical (unpaired) electrons. The third-order valence-corrected chi connectivity index (χ3v) is 2.34. The van der Waals surface area contributed by atoms with Crippen LogP contribution in [0.4, 0.5) is 0 Å². The van der Waals surface area contributed by atoms with Crippen molar-refractivity contribution in [1.29, 1.82) is 0 Å². The first-order valence-electron chi connectivity index (χ1n) is 4.66. The first-order chi connectivity index (χ1) is 5.83. The van der Waals surface area contributed by atoms with Gasteiger partial charge in [0, 0.05) is 12.5 Å². The Balaban J connectivity index is 2.31. The smallest absolute Gasteiger partial charge is 0.0272 e. The van der Waals surface area contributed by atoms with Crippen LogP contribution < -0.4 is 5.73 Å². The fourth-order valence-corrected chi connectivity index (χ4v) is 1.51. The van der Waals surface area contributed by atoms with Gasteiger partial charge in [-0.3, -0.25) is 0 Å². The Morgan fingerprint density at radius 2 is 2.17 bits per heavy atom. The van der Waals surface area contributed by atoms with E-state index in [-0.39, 0.29) is 0 Å². The molecule has 1 nitrogen and oxygen atoms in total. The number of nitrogens with two attached hydrogens (primary N) is 1. The highest BCUT2D eigenvalue weighted by Gasteiger charge is 2.11. The second kappa shape index (κ2) is 5.00. The maximum atomic E-state index is 5.80. The summed E-state index contributed by atoms with van der Waals surface area (Å²) in [6, 6.07) is 0.444. The molecule has 1 fully saturated rings. The third-order valence-electron chi connectivity index (χ3n) is 2.34. The molecule has 1 heteroatoms. The van der Waals surface area contributed by atoms with Crippen molar-refractivity contribution in [1.82, 2.24) is 0 Å². The second-order valence-electron chi connectivity index (χ2n) is 3.33. The molecule has 2 N–H and O–H groups in total. The maximum absolute atomic E-state index is 5.80. The van der Waals surface area contributed by atoms with E-state index in [1.807, 2.05) is 6.92 Å². The highest BCUT2D eigenvalue weighted by Crippen LogP contribution is 2.22. The zero-order valence-corrected chi connectivity index (χ0v) is 7.77. The fourth-order valence-electron chi connectivity index (χ4n) is 1.51. The largest absolute Gasteiger partial charge is 0.328 e. The van der Waals surface area contributed by atoms with Crippen LogP contribution in [0.2, 0.25) is 0 Å². The highest BCUT2D eigenvalue weighted by atomic mass is 14.6. The lowest BCUT2D eigenvalue weighted by Gasteiger charge is -2.19. The second-order valence-corrected chi connectivity index (χ2v) is 3.33. The molecular weight excluding hydrogens is 146 g/mol. The van der Waals surface area contributed by atoms with Gasteiger partial charge in [0.2, 0.25) is 0 Å². The van der Waals surface area contributed by atoms with Gasteiger partial charge in [-0.25, -0.2) is 0 Å². The summed E-state index contributed by atoms with van der Waals surface area (Å²) >= 11 is 0. The number of allylic oxidation sites excluding steroid dienone is 2. The van der Waals surface area contributed by atoms with E-state index >= 15 is 0 Å². The third kappa shape index (κ3) is 3.11. The highest BCUT2D eigenvalue weighted by molar-refractivity contribution is 5.11. The number of hydrogen-bond acceptors (Lipinski definition) is 1. The van der Waals surface area contributed by atoms with Crippen LogP contribution >= 0.6 is 0 Å². The van der Waals surface area contributed by atoms with E-state index in [0.717, 1.165) is 19.3 Å². The lowest BCUT2D eigenvalue weighted by Crippen LogP contribution is -2.23. The van der Waals surface area contributed by atoms with E-state index in [0.29, 0.717) is 6.04 Å². The van der Waals surface area contributed by atoms with Gasteiger partial charge in [0.05, 0.1) is 0 Å². The lowest BCUT2D eigenvalue weighted by molar-refractivity contribution is 0.511. The van der Waals surface area contributed by atoms with Gasteiger partial charge < -0.3 is 5.73 Å². The number of rotatable bonds is 1. The Kier molecular flexibility index (Phi) is 3.90. The van der Waals surface area contributed by atoms with Gasteiger partial charge in [-0.15, -0.1) is 5.92 Å². The minimum Gasteiger partial charge on any atom is -0.328 e. The monoisotopic (exact) mass is 163 g/mol. The van der Waals surface area contributed by atoms with E-state index in [2.05, 4.69) is 17.9 Å². The molecule has 0 bridgehead atoms. The van der Waals surface area contributed by atoms with Crippen molar-refractivity contribution in [3.05, 3.63) is 11.6 Å². The summed E-state index contributed by atoms with van der Waals surface area (Å²) in [5.74, 6) is 5.95. The molecular formula is C11H17N. The van der Waals surface area contributed by atoms with E-state index in [1.54, 1.807) is 5.57 Å². The van der Waals surface area contributed by atoms with E-state index < -0.39 is 0 Å². The summed E-state index contributed by atoms with van der Waals surface area (Å²) in [7, 11) is 0. The Hall–Kier alpha value is -0.740. The molecule has 0 spiro atoms. The van der Waals surface area contributed by atoms with Crippen LogP contribution in [0.25, 0.3) is 0 Å². The molecule has 1 aliphatic carbocycles. The molecule has 1 saturated carbocycles. The molecule has 0 saturated heterocycles. The topological polar surface area (TPSA) is 26.0 Å². The first kappa shape index (κ1) is 9.35. The van der Waals surface area contributed by atoms with Crippen LogP contribution in [0.5, 0.6) is 0 Å². The minimum atomic E-state index is 0.444. The fraction of sp³-hybridized carbons (Fsp3) is 0.636. The van der Waals surface area contributed by atoms with Gasteiger partial charge in [-0.2, -0.15) is 0 Å². The quantitative estimate of drug-likeness (QED) is 0.465. The average molecular weight is 163 g/mol. The minimum absolute atomic E-state index is 0.444. The molecule has 0 unspecified atom stereocenters. The predicted octanol–water partition coefficient (Wildman–Crippen LogP) is 2.23.